The molecule has 2 aromatic carbocycles. The molecule has 0 spiro atoms. The van der Waals surface area contributed by atoms with E-state index in [0.717, 1.165) is 5.56 Å². The maximum absolute atomic E-state index is 13.2. The maximum Gasteiger partial charge on any atom is 0.337 e. The van der Waals surface area contributed by atoms with Crippen molar-refractivity contribution in [3.05, 3.63) is 93.7 Å². The van der Waals surface area contributed by atoms with Gasteiger partial charge in [-0.3, -0.25) is 9.36 Å². The average molecular weight is 420 g/mol. The van der Waals surface area contributed by atoms with E-state index in [-0.39, 0.29) is 12.1 Å². The fraction of sp³-hybridized carbons (Fsp3) is 0.174. The van der Waals surface area contributed by atoms with E-state index in [1.807, 2.05) is 13.0 Å². The number of aryl methyl sites for hydroxylation is 1. The van der Waals surface area contributed by atoms with E-state index < -0.39 is 5.97 Å². The van der Waals surface area contributed by atoms with Crippen molar-refractivity contribution in [1.29, 1.82) is 0 Å². The van der Waals surface area contributed by atoms with E-state index in [2.05, 4.69) is 24.3 Å². The lowest BCUT2D eigenvalue weighted by Gasteiger charge is -2.13. The minimum Gasteiger partial charge on any atom is -0.467 e. The van der Waals surface area contributed by atoms with Gasteiger partial charge < -0.3 is 9.15 Å². The van der Waals surface area contributed by atoms with Crippen LogP contribution in [0.5, 0.6) is 0 Å². The number of rotatable bonds is 6. The topological polar surface area (TPSA) is 74.3 Å². The second-order valence-corrected chi connectivity index (χ2v) is 7.81. The van der Waals surface area contributed by atoms with E-state index in [1.165, 1.54) is 24.4 Å². The molecule has 0 saturated heterocycles. The van der Waals surface area contributed by atoms with Gasteiger partial charge >= 0.3 is 5.97 Å². The molecule has 0 bridgehead atoms. The van der Waals surface area contributed by atoms with Crippen LogP contribution >= 0.6 is 11.8 Å². The molecule has 6 nitrogen and oxygen atoms in total. The summed E-state index contributed by atoms with van der Waals surface area (Å²) in [6.45, 7) is 2.32. The van der Waals surface area contributed by atoms with Crippen LogP contribution in [0.3, 0.4) is 0 Å². The van der Waals surface area contributed by atoms with E-state index in [0.29, 0.717) is 33.1 Å². The van der Waals surface area contributed by atoms with Crippen molar-refractivity contribution in [2.75, 3.05) is 7.11 Å². The first kappa shape index (κ1) is 20.0. The van der Waals surface area contributed by atoms with Gasteiger partial charge in [-0.05, 0) is 42.8 Å². The standard InChI is InChI=1S/C23H20N2O4S/c1-15-5-7-16(8-6-15)14-30-23-24-20-12-17(22(27)28-2)9-10-19(20)21(26)25(23)13-18-4-3-11-29-18/h3-12H,13-14H2,1-2H3. The zero-order valence-electron chi connectivity index (χ0n) is 16.6. The van der Waals surface area contributed by atoms with Crippen LogP contribution in [-0.4, -0.2) is 22.6 Å². The molecule has 2 heterocycles. The summed E-state index contributed by atoms with van der Waals surface area (Å²) in [4.78, 5) is 29.8. The molecule has 0 atom stereocenters. The lowest BCUT2D eigenvalue weighted by molar-refractivity contribution is 0.0601. The van der Waals surface area contributed by atoms with Crippen molar-refractivity contribution in [3.63, 3.8) is 0 Å². The van der Waals surface area contributed by atoms with Gasteiger partial charge in [-0.2, -0.15) is 0 Å². The Morgan fingerprint density at radius 2 is 1.97 bits per heavy atom. The van der Waals surface area contributed by atoms with E-state index in [9.17, 15) is 9.59 Å². The number of aromatic nitrogens is 2. The number of furan rings is 1. The highest BCUT2D eigenvalue weighted by molar-refractivity contribution is 7.98. The predicted octanol–water partition coefficient (Wildman–Crippen LogP) is 4.43. The number of fused-ring (bicyclic) bond motifs is 1. The molecule has 0 fully saturated rings. The predicted molar refractivity (Wildman–Crippen MR) is 116 cm³/mol. The van der Waals surface area contributed by atoms with Crippen molar-refractivity contribution in [2.24, 2.45) is 0 Å². The van der Waals surface area contributed by atoms with Crippen LogP contribution in [0.15, 0.2) is 75.2 Å². The molecule has 30 heavy (non-hydrogen) atoms. The van der Waals surface area contributed by atoms with Gasteiger partial charge in [0.1, 0.15) is 5.76 Å². The Bertz CT molecular complexity index is 1240. The third-order valence-corrected chi connectivity index (χ3v) is 5.77. The SMILES string of the molecule is COC(=O)c1ccc2c(=O)n(Cc3ccco3)c(SCc3ccc(C)cc3)nc2c1. The fourth-order valence-electron chi connectivity index (χ4n) is 3.09. The number of nitrogens with zero attached hydrogens (tertiary/aromatic N) is 2. The van der Waals surface area contributed by atoms with Gasteiger partial charge in [-0.25, -0.2) is 9.78 Å². The quantitative estimate of drug-likeness (QED) is 0.261. The van der Waals surface area contributed by atoms with Gasteiger partial charge in [-0.15, -0.1) is 0 Å². The Kier molecular flexibility index (Phi) is 5.72. The summed E-state index contributed by atoms with van der Waals surface area (Å²) in [7, 11) is 1.32. The monoisotopic (exact) mass is 420 g/mol. The minimum atomic E-state index is -0.465. The Hall–Kier alpha value is -3.32. The van der Waals surface area contributed by atoms with Crippen molar-refractivity contribution in [3.8, 4) is 0 Å². The lowest BCUT2D eigenvalue weighted by Crippen LogP contribution is -2.24. The van der Waals surface area contributed by atoms with Crippen molar-refractivity contribution < 1.29 is 13.9 Å². The summed E-state index contributed by atoms with van der Waals surface area (Å²) in [5.41, 5.74) is 2.96. The van der Waals surface area contributed by atoms with Crippen molar-refractivity contribution >= 4 is 28.6 Å². The van der Waals surface area contributed by atoms with Crippen molar-refractivity contribution in [1.82, 2.24) is 9.55 Å². The number of carbonyl (C=O) groups is 1. The highest BCUT2D eigenvalue weighted by Gasteiger charge is 2.15. The minimum absolute atomic E-state index is 0.181. The number of esters is 1. The Morgan fingerprint density at radius 3 is 2.67 bits per heavy atom. The van der Waals surface area contributed by atoms with Gasteiger partial charge in [-0.1, -0.05) is 41.6 Å². The zero-order chi connectivity index (χ0) is 21.1. The van der Waals surface area contributed by atoms with Gasteiger partial charge in [0.15, 0.2) is 5.16 Å². The summed E-state index contributed by atoms with van der Waals surface area (Å²) < 4.78 is 11.8. The van der Waals surface area contributed by atoms with Crippen LogP contribution < -0.4 is 5.56 Å². The summed E-state index contributed by atoms with van der Waals surface area (Å²) in [6.07, 6.45) is 1.58. The first-order valence-electron chi connectivity index (χ1n) is 9.39. The molecule has 0 unspecified atom stereocenters. The first-order valence-corrected chi connectivity index (χ1v) is 10.4. The second-order valence-electron chi connectivity index (χ2n) is 6.86. The summed E-state index contributed by atoms with van der Waals surface area (Å²) in [6, 6.07) is 16.6. The van der Waals surface area contributed by atoms with Crippen LogP contribution in [0.1, 0.15) is 27.2 Å². The van der Waals surface area contributed by atoms with Crippen LogP contribution in [0, 0.1) is 6.92 Å². The highest BCUT2D eigenvalue weighted by Crippen LogP contribution is 2.24. The Labute approximate surface area is 177 Å². The molecule has 0 amide bonds. The van der Waals surface area contributed by atoms with E-state index >= 15 is 0 Å². The molecule has 152 valence electrons. The summed E-state index contributed by atoms with van der Waals surface area (Å²) >= 11 is 1.47. The van der Waals surface area contributed by atoms with Crippen LogP contribution in [-0.2, 0) is 17.0 Å². The smallest absolute Gasteiger partial charge is 0.337 e. The molecular formula is C23H20N2O4S. The number of hydrogen-bond acceptors (Lipinski definition) is 6. The van der Waals surface area contributed by atoms with Crippen LogP contribution in [0.2, 0.25) is 0 Å². The number of hydrogen-bond donors (Lipinski definition) is 0. The van der Waals surface area contributed by atoms with Crippen LogP contribution in [0.4, 0.5) is 0 Å². The summed E-state index contributed by atoms with van der Waals surface area (Å²) in [5.74, 6) is 0.863. The molecule has 0 aliphatic rings. The first-order chi connectivity index (χ1) is 14.5. The van der Waals surface area contributed by atoms with Gasteiger partial charge in [0.25, 0.3) is 5.56 Å². The fourth-order valence-corrected chi connectivity index (χ4v) is 4.04. The number of methoxy groups -OCH3 is 1. The molecule has 0 saturated carbocycles. The third-order valence-electron chi connectivity index (χ3n) is 4.72. The highest BCUT2D eigenvalue weighted by atomic mass is 32.2. The Balaban J connectivity index is 1.77. The molecule has 0 N–H and O–H groups in total. The van der Waals surface area contributed by atoms with Crippen LogP contribution in [0.25, 0.3) is 10.9 Å². The maximum atomic E-state index is 13.2. The summed E-state index contributed by atoms with van der Waals surface area (Å²) in [5, 5.41) is 1.00. The largest absolute Gasteiger partial charge is 0.467 e. The normalized spacial score (nSPS) is 11.0. The Morgan fingerprint density at radius 1 is 1.17 bits per heavy atom. The molecular weight excluding hydrogens is 400 g/mol. The second kappa shape index (κ2) is 8.59. The van der Waals surface area contributed by atoms with E-state index in [1.54, 1.807) is 35.1 Å². The molecule has 0 radical (unpaired) electrons. The molecule has 4 rings (SSSR count). The zero-order valence-corrected chi connectivity index (χ0v) is 17.4. The van der Waals surface area contributed by atoms with Crippen molar-refractivity contribution in [2.45, 2.75) is 24.4 Å². The van der Waals surface area contributed by atoms with Gasteiger partial charge in [0.2, 0.25) is 0 Å². The average Bonchev–Trinajstić information content (AvgIpc) is 3.28. The molecule has 7 heteroatoms. The molecule has 0 aliphatic carbocycles. The molecule has 0 aliphatic heterocycles. The van der Waals surface area contributed by atoms with E-state index in [4.69, 9.17) is 14.1 Å². The number of ether oxygens (including phenoxy) is 1. The van der Waals surface area contributed by atoms with Gasteiger partial charge in [0.05, 0.1) is 36.4 Å². The molecule has 2 aromatic heterocycles. The molecule has 4 aromatic rings. The number of thioether (sulfide) groups is 1. The third kappa shape index (κ3) is 4.16. The number of carbonyl (C=O) groups excluding carboxylic acids is 1. The lowest BCUT2D eigenvalue weighted by atomic mass is 10.1. The number of benzene rings is 2. The van der Waals surface area contributed by atoms with Gasteiger partial charge in [0, 0.05) is 5.75 Å².